The van der Waals surface area contributed by atoms with Gasteiger partial charge in [-0.3, -0.25) is 0 Å². The third-order valence-electron chi connectivity index (χ3n) is 6.76. The molecule has 1 aliphatic heterocycles. The Bertz CT molecular complexity index is 1290. The normalized spacial score (nSPS) is 19.0. The molecular weight excluding hydrogens is 456 g/mol. The highest BCUT2D eigenvalue weighted by Crippen LogP contribution is 2.41. The molecule has 0 saturated carbocycles. The maximum Gasteiger partial charge on any atom is 0.317 e. The van der Waals surface area contributed by atoms with Crippen molar-refractivity contribution in [3.8, 4) is 32.8 Å². The van der Waals surface area contributed by atoms with E-state index < -0.39 is 0 Å². The maximum absolute atomic E-state index is 12.8. The Labute approximate surface area is 210 Å². The van der Waals surface area contributed by atoms with Crippen LogP contribution in [-0.2, 0) is 6.42 Å². The lowest BCUT2D eigenvalue weighted by Crippen LogP contribution is -2.39. The number of nitrogens with zero attached hydrogens (tertiary/aromatic N) is 3. The van der Waals surface area contributed by atoms with E-state index in [1.807, 2.05) is 43.1 Å². The van der Waals surface area contributed by atoms with Crippen molar-refractivity contribution in [2.75, 3.05) is 13.1 Å². The average molecular weight is 487 g/mol. The van der Waals surface area contributed by atoms with Gasteiger partial charge in [-0.25, -0.2) is 9.78 Å². The van der Waals surface area contributed by atoms with Gasteiger partial charge in [0, 0.05) is 24.8 Å². The quantitative estimate of drug-likeness (QED) is 0.467. The van der Waals surface area contributed by atoms with Crippen LogP contribution < -0.4 is 10.1 Å². The van der Waals surface area contributed by atoms with Crippen LogP contribution >= 0.6 is 11.3 Å². The van der Waals surface area contributed by atoms with Crippen LogP contribution in [0.25, 0.3) is 21.0 Å². The van der Waals surface area contributed by atoms with Crippen LogP contribution in [0.5, 0.6) is 5.75 Å². The van der Waals surface area contributed by atoms with Gasteiger partial charge in [0.2, 0.25) is 0 Å². The highest BCUT2D eigenvalue weighted by molar-refractivity contribution is 7.18. The van der Waals surface area contributed by atoms with E-state index in [0.29, 0.717) is 17.2 Å². The number of hydrogen-bond donors (Lipinski definition) is 1. The summed E-state index contributed by atoms with van der Waals surface area (Å²) in [5.74, 6) is 1.17. The first-order valence-electron chi connectivity index (χ1n) is 12.3. The number of nitrogens with one attached hydrogen (secondary N) is 1. The standard InChI is InChI=1S/C28H30N4O2S/c1-17(2)34-25-10-7-19(13-20(25)14-29)27-30-15-26(35-27)23-6-4-5-22-21(23)8-9-24(22)31-28(33)32-12-11-18(3)16-32/h4-7,10,13,15,17-18,24H,8-9,11-12,16H2,1-3H3,(H,31,33)/t18-,24-/m0/s1. The van der Waals surface area contributed by atoms with Gasteiger partial charge in [0.05, 0.1) is 22.6 Å². The summed E-state index contributed by atoms with van der Waals surface area (Å²) in [5, 5.41) is 13.7. The Morgan fingerprint density at radius 3 is 2.89 bits per heavy atom. The van der Waals surface area contributed by atoms with Crippen LogP contribution in [0.1, 0.15) is 56.3 Å². The summed E-state index contributed by atoms with van der Waals surface area (Å²) in [6.07, 6.45) is 4.84. The monoisotopic (exact) mass is 486 g/mol. The van der Waals surface area contributed by atoms with Crippen LogP contribution in [0.4, 0.5) is 4.79 Å². The van der Waals surface area contributed by atoms with Crippen molar-refractivity contribution in [2.45, 2.75) is 52.2 Å². The first-order chi connectivity index (χ1) is 16.9. The minimum atomic E-state index is 0.00659. The zero-order valence-corrected chi connectivity index (χ0v) is 21.2. The van der Waals surface area contributed by atoms with Gasteiger partial charge in [0.1, 0.15) is 16.8 Å². The Morgan fingerprint density at radius 2 is 2.14 bits per heavy atom. The SMILES string of the molecule is CC(C)Oc1ccc(-c2ncc(-c3cccc4c3CC[C@@H]4NC(=O)N3CC[C@H](C)C3)s2)cc1C#N. The Kier molecular flexibility index (Phi) is 6.48. The second kappa shape index (κ2) is 9.71. The second-order valence-corrected chi connectivity index (χ2v) is 10.8. The average Bonchev–Trinajstić information content (AvgIpc) is 3.59. The molecule has 2 atom stereocenters. The smallest absolute Gasteiger partial charge is 0.317 e. The van der Waals surface area contributed by atoms with Crippen LogP contribution in [0.2, 0.25) is 0 Å². The number of fused-ring (bicyclic) bond motifs is 1. The molecule has 0 bridgehead atoms. The van der Waals surface area contributed by atoms with Gasteiger partial charge in [-0.15, -0.1) is 11.3 Å². The molecular formula is C28H30N4O2S. The lowest BCUT2D eigenvalue weighted by molar-refractivity contribution is 0.203. The minimum absolute atomic E-state index is 0.00659. The summed E-state index contributed by atoms with van der Waals surface area (Å²) in [6.45, 7) is 7.77. The van der Waals surface area contributed by atoms with E-state index in [4.69, 9.17) is 4.74 Å². The molecule has 1 fully saturated rings. The number of benzene rings is 2. The molecule has 1 saturated heterocycles. The van der Waals surface area contributed by atoms with Gasteiger partial charge in [-0.05, 0) is 73.9 Å². The molecule has 180 valence electrons. The predicted octanol–water partition coefficient (Wildman–Crippen LogP) is 6.17. The molecule has 2 aromatic carbocycles. The second-order valence-electron chi connectivity index (χ2n) is 9.77. The van der Waals surface area contributed by atoms with Crippen LogP contribution in [0, 0.1) is 17.2 Å². The number of thiazole rings is 1. The van der Waals surface area contributed by atoms with Crippen molar-refractivity contribution >= 4 is 17.4 Å². The molecule has 2 heterocycles. The van der Waals surface area contributed by atoms with Crippen molar-refractivity contribution in [3.05, 3.63) is 59.3 Å². The number of ether oxygens (including phenoxy) is 1. The number of nitriles is 1. The Morgan fingerprint density at radius 1 is 1.29 bits per heavy atom. The zero-order chi connectivity index (χ0) is 24.5. The maximum atomic E-state index is 12.8. The summed E-state index contributed by atoms with van der Waals surface area (Å²) in [6, 6.07) is 14.3. The van der Waals surface area contributed by atoms with Crippen molar-refractivity contribution in [1.82, 2.24) is 15.2 Å². The third kappa shape index (κ3) is 4.76. The van der Waals surface area contributed by atoms with E-state index >= 15 is 0 Å². The van der Waals surface area contributed by atoms with Gasteiger partial charge in [-0.2, -0.15) is 5.26 Å². The van der Waals surface area contributed by atoms with Crippen molar-refractivity contribution in [1.29, 1.82) is 5.26 Å². The van der Waals surface area contributed by atoms with Gasteiger partial charge >= 0.3 is 6.03 Å². The number of urea groups is 1. The molecule has 1 aliphatic carbocycles. The van der Waals surface area contributed by atoms with Crippen LogP contribution in [0.15, 0.2) is 42.6 Å². The highest BCUT2D eigenvalue weighted by atomic mass is 32.1. The number of carbonyl (C=O) groups is 1. The number of hydrogen-bond acceptors (Lipinski definition) is 5. The van der Waals surface area contributed by atoms with Crippen molar-refractivity contribution < 1.29 is 9.53 Å². The first kappa shape index (κ1) is 23.4. The number of aromatic nitrogens is 1. The fourth-order valence-corrected chi connectivity index (χ4v) is 6.00. The van der Waals surface area contributed by atoms with Gasteiger partial charge < -0.3 is 15.0 Å². The van der Waals surface area contributed by atoms with Crippen LogP contribution in [0.3, 0.4) is 0 Å². The molecule has 2 aliphatic rings. The molecule has 1 N–H and O–H groups in total. The van der Waals surface area contributed by atoms with E-state index in [2.05, 4.69) is 41.5 Å². The van der Waals surface area contributed by atoms with Gasteiger partial charge in [0.25, 0.3) is 0 Å². The highest BCUT2D eigenvalue weighted by Gasteiger charge is 2.30. The van der Waals surface area contributed by atoms with E-state index in [-0.39, 0.29) is 18.2 Å². The molecule has 0 radical (unpaired) electrons. The minimum Gasteiger partial charge on any atom is -0.490 e. The fourth-order valence-electron chi connectivity index (χ4n) is 5.03. The number of carbonyl (C=O) groups excluding carboxylic acids is 1. The summed E-state index contributed by atoms with van der Waals surface area (Å²) in [7, 11) is 0. The molecule has 3 aromatic rings. The molecule has 7 heteroatoms. The number of rotatable bonds is 5. The number of likely N-dealkylation sites (tertiary alicyclic amines) is 1. The van der Waals surface area contributed by atoms with Gasteiger partial charge in [-0.1, -0.05) is 25.1 Å². The lowest BCUT2D eigenvalue weighted by Gasteiger charge is -2.21. The molecule has 0 spiro atoms. The summed E-state index contributed by atoms with van der Waals surface area (Å²) in [4.78, 5) is 20.5. The summed E-state index contributed by atoms with van der Waals surface area (Å²) in [5.41, 5.74) is 5.10. The van der Waals surface area contributed by atoms with Crippen molar-refractivity contribution in [2.24, 2.45) is 5.92 Å². The molecule has 5 rings (SSSR count). The Balaban J connectivity index is 1.37. The van der Waals surface area contributed by atoms with E-state index in [1.165, 1.54) is 16.7 Å². The molecule has 1 aromatic heterocycles. The summed E-state index contributed by atoms with van der Waals surface area (Å²) >= 11 is 1.62. The van der Waals surface area contributed by atoms with Crippen LogP contribution in [-0.4, -0.2) is 35.1 Å². The number of amides is 2. The van der Waals surface area contributed by atoms with Crippen molar-refractivity contribution in [3.63, 3.8) is 0 Å². The molecule has 0 unspecified atom stereocenters. The zero-order valence-electron chi connectivity index (χ0n) is 20.4. The molecule has 6 nitrogen and oxygen atoms in total. The fraction of sp³-hybridized carbons (Fsp3) is 0.393. The summed E-state index contributed by atoms with van der Waals surface area (Å²) < 4.78 is 5.75. The topological polar surface area (TPSA) is 78.2 Å². The Hall–Kier alpha value is -3.37. The lowest BCUT2D eigenvalue weighted by atomic mass is 10.0. The van der Waals surface area contributed by atoms with Gasteiger partial charge in [0.15, 0.2) is 0 Å². The van der Waals surface area contributed by atoms with E-state index in [1.54, 1.807) is 11.3 Å². The molecule has 35 heavy (non-hydrogen) atoms. The molecule has 2 amide bonds. The van der Waals surface area contributed by atoms with E-state index in [9.17, 15) is 10.1 Å². The first-order valence-corrected chi connectivity index (χ1v) is 13.1. The predicted molar refractivity (Wildman–Crippen MR) is 138 cm³/mol. The largest absolute Gasteiger partial charge is 0.490 e. The van der Waals surface area contributed by atoms with E-state index in [0.717, 1.165) is 47.8 Å². The third-order valence-corrected chi connectivity index (χ3v) is 7.84.